The molecule has 2 atom stereocenters. The highest BCUT2D eigenvalue weighted by molar-refractivity contribution is 5.74. The van der Waals surface area contributed by atoms with Crippen LogP contribution in [0.5, 0.6) is 0 Å². The molecule has 2 amide bonds. The van der Waals surface area contributed by atoms with Crippen molar-refractivity contribution in [3.05, 3.63) is 0 Å². The third kappa shape index (κ3) is 9.78. The summed E-state index contributed by atoms with van der Waals surface area (Å²) in [4.78, 5) is 22.3. The van der Waals surface area contributed by atoms with Gasteiger partial charge in [-0.15, -0.1) is 12.3 Å². The topological polar surface area (TPSA) is 78.4 Å². The van der Waals surface area contributed by atoms with Gasteiger partial charge in [0.05, 0.1) is 0 Å². The quantitative estimate of drug-likeness (QED) is 0.602. The predicted octanol–water partition coefficient (Wildman–Crippen LogP) is 2.61. The highest BCUT2D eigenvalue weighted by atomic mass is 16.4. The van der Waals surface area contributed by atoms with Crippen molar-refractivity contribution in [2.75, 3.05) is 6.54 Å². The predicted molar refractivity (Wildman–Crippen MR) is 83.9 cm³/mol. The Labute approximate surface area is 127 Å². The normalized spacial score (nSPS) is 13.9. The minimum Gasteiger partial charge on any atom is -0.481 e. The molecule has 5 nitrogen and oxygen atoms in total. The molecule has 0 saturated carbocycles. The van der Waals surface area contributed by atoms with E-state index in [9.17, 15) is 9.59 Å². The number of aliphatic carboxylic acids is 1. The number of carbonyl (C=O) groups excluding carboxylic acids is 1. The van der Waals surface area contributed by atoms with Crippen LogP contribution in [0.1, 0.15) is 53.4 Å². The Balaban J connectivity index is 4.16. The van der Waals surface area contributed by atoms with E-state index < -0.39 is 5.97 Å². The second-order valence-corrected chi connectivity index (χ2v) is 6.49. The smallest absolute Gasteiger partial charge is 0.315 e. The molecular weight excluding hydrogens is 268 g/mol. The van der Waals surface area contributed by atoms with Crippen molar-refractivity contribution in [1.82, 2.24) is 10.6 Å². The Morgan fingerprint density at radius 1 is 1.29 bits per heavy atom. The standard InChI is InChI=1S/C16H28N2O3/c1-6-7-12(2)18-15(21)17-11-10-13(16(3,4)5)8-9-14(19)20/h1,12-13H,7-11H2,2-5H3,(H,19,20)(H2,17,18,21). The Kier molecular flexibility index (Phi) is 8.52. The van der Waals surface area contributed by atoms with Crippen LogP contribution < -0.4 is 10.6 Å². The lowest BCUT2D eigenvalue weighted by molar-refractivity contribution is -0.137. The number of nitrogens with one attached hydrogen (secondary N) is 2. The number of amides is 2. The maximum Gasteiger partial charge on any atom is 0.315 e. The number of carbonyl (C=O) groups is 2. The molecule has 0 aromatic carbocycles. The fourth-order valence-corrected chi connectivity index (χ4v) is 2.17. The maximum atomic E-state index is 11.6. The van der Waals surface area contributed by atoms with Crippen LogP contribution in [0, 0.1) is 23.7 Å². The van der Waals surface area contributed by atoms with Gasteiger partial charge < -0.3 is 15.7 Å². The van der Waals surface area contributed by atoms with E-state index >= 15 is 0 Å². The monoisotopic (exact) mass is 296 g/mol. The van der Waals surface area contributed by atoms with Gasteiger partial charge in [0.15, 0.2) is 0 Å². The molecule has 0 radical (unpaired) electrons. The van der Waals surface area contributed by atoms with Gasteiger partial charge in [0.1, 0.15) is 0 Å². The summed E-state index contributed by atoms with van der Waals surface area (Å²) < 4.78 is 0. The van der Waals surface area contributed by atoms with E-state index in [0.717, 1.165) is 6.42 Å². The van der Waals surface area contributed by atoms with Gasteiger partial charge in [0, 0.05) is 25.4 Å². The van der Waals surface area contributed by atoms with Gasteiger partial charge in [-0.05, 0) is 31.1 Å². The molecule has 0 fully saturated rings. The van der Waals surface area contributed by atoms with Gasteiger partial charge in [-0.2, -0.15) is 0 Å². The van der Waals surface area contributed by atoms with Crippen molar-refractivity contribution in [1.29, 1.82) is 0 Å². The first-order chi connectivity index (χ1) is 9.66. The lowest BCUT2D eigenvalue weighted by Crippen LogP contribution is -2.41. The van der Waals surface area contributed by atoms with Gasteiger partial charge in [-0.25, -0.2) is 4.79 Å². The van der Waals surface area contributed by atoms with Crippen molar-refractivity contribution in [2.45, 2.75) is 59.4 Å². The summed E-state index contributed by atoms with van der Waals surface area (Å²) in [5, 5.41) is 14.3. The number of rotatable bonds is 8. The molecule has 0 aromatic heterocycles. The second-order valence-electron chi connectivity index (χ2n) is 6.49. The first-order valence-electron chi connectivity index (χ1n) is 7.36. The lowest BCUT2D eigenvalue weighted by Gasteiger charge is -2.30. The maximum absolute atomic E-state index is 11.6. The van der Waals surface area contributed by atoms with Crippen LogP contribution in [-0.4, -0.2) is 29.7 Å². The Hall–Kier alpha value is -1.70. The Morgan fingerprint density at radius 3 is 2.38 bits per heavy atom. The average molecular weight is 296 g/mol. The highest BCUT2D eigenvalue weighted by Crippen LogP contribution is 2.32. The summed E-state index contributed by atoms with van der Waals surface area (Å²) in [6, 6.07) is -0.288. The van der Waals surface area contributed by atoms with Gasteiger partial charge in [-0.1, -0.05) is 20.8 Å². The molecule has 0 spiro atoms. The summed E-state index contributed by atoms with van der Waals surface area (Å²) in [5.41, 5.74) is 0.0182. The summed E-state index contributed by atoms with van der Waals surface area (Å²) in [6.45, 7) is 8.65. The second kappa shape index (κ2) is 9.28. The number of terminal acetylenes is 1. The van der Waals surface area contributed by atoms with Crippen molar-refractivity contribution in [3.63, 3.8) is 0 Å². The molecule has 0 heterocycles. The highest BCUT2D eigenvalue weighted by Gasteiger charge is 2.24. The van der Waals surface area contributed by atoms with E-state index in [1.807, 2.05) is 6.92 Å². The molecule has 21 heavy (non-hydrogen) atoms. The van der Waals surface area contributed by atoms with E-state index in [1.165, 1.54) is 0 Å². The number of hydrogen-bond donors (Lipinski definition) is 3. The van der Waals surface area contributed by atoms with Gasteiger partial charge in [-0.3, -0.25) is 4.79 Å². The lowest BCUT2D eigenvalue weighted by atomic mass is 9.76. The molecule has 0 aliphatic heterocycles. The van der Waals surface area contributed by atoms with Crippen LogP contribution in [0.4, 0.5) is 4.79 Å². The van der Waals surface area contributed by atoms with Gasteiger partial charge in [0.2, 0.25) is 0 Å². The summed E-state index contributed by atoms with van der Waals surface area (Å²) in [6.07, 6.45) is 7.22. The van der Waals surface area contributed by atoms with Crippen molar-refractivity contribution in [2.24, 2.45) is 11.3 Å². The minimum atomic E-state index is -0.780. The third-order valence-corrected chi connectivity index (χ3v) is 3.51. The molecule has 0 rings (SSSR count). The number of hydrogen-bond acceptors (Lipinski definition) is 2. The van der Waals surface area contributed by atoms with E-state index in [0.29, 0.717) is 19.4 Å². The van der Waals surface area contributed by atoms with E-state index in [2.05, 4.69) is 37.3 Å². The van der Waals surface area contributed by atoms with Crippen LogP contribution in [0.15, 0.2) is 0 Å². The van der Waals surface area contributed by atoms with E-state index in [1.54, 1.807) is 0 Å². The van der Waals surface area contributed by atoms with Crippen LogP contribution in [-0.2, 0) is 4.79 Å². The molecule has 3 N–H and O–H groups in total. The minimum absolute atomic E-state index is 0.0182. The molecule has 0 bridgehead atoms. The largest absolute Gasteiger partial charge is 0.481 e. The van der Waals surface area contributed by atoms with Crippen molar-refractivity contribution < 1.29 is 14.7 Å². The summed E-state index contributed by atoms with van der Waals surface area (Å²) in [5.74, 6) is 1.96. The van der Waals surface area contributed by atoms with E-state index in [4.69, 9.17) is 11.5 Å². The first-order valence-corrected chi connectivity index (χ1v) is 7.36. The average Bonchev–Trinajstić information content (AvgIpc) is 2.31. The first kappa shape index (κ1) is 19.3. The van der Waals surface area contributed by atoms with Crippen LogP contribution in [0.2, 0.25) is 0 Å². The zero-order valence-corrected chi connectivity index (χ0v) is 13.5. The van der Waals surface area contributed by atoms with Crippen LogP contribution in [0.25, 0.3) is 0 Å². The van der Waals surface area contributed by atoms with Gasteiger partial charge >= 0.3 is 12.0 Å². The number of carboxylic acids is 1. The van der Waals surface area contributed by atoms with Crippen LogP contribution >= 0.6 is 0 Å². The number of urea groups is 1. The van der Waals surface area contributed by atoms with Crippen molar-refractivity contribution >= 4 is 12.0 Å². The van der Waals surface area contributed by atoms with E-state index in [-0.39, 0.29) is 29.8 Å². The number of carboxylic acid groups (broad SMARTS) is 1. The summed E-state index contributed by atoms with van der Waals surface area (Å²) >= 11 is 0. The molecule has 0 aromatic rings. The molecule has 0 aliphatic rings. The molecule has 0 saturated heterocycles. The molecule has 0 aliphatic carbocycles. The Bertz CT molecular complexity index is 380. The molecule has 120 valence electrons. The molecule has 5 heteroatoms. The fraction of sp³-hybridized carbons (Fsp3) is 0.750. The fourth-order valence-electron chi connectivity index (χ4n) is 2.17. The molecule has 2 unspecified atom stereocenters. The van der Waals surface area contributed by atoms with Crippen molar-refractivity contribution in [3.8, 4) is 12.3 Å². The van der Waals surface area contributed by atoms with Gasteiger partial charge in [0.25, 0.3) is 0 Å². The molecular formula is C16H28N2O3. The zero-order chi connectivity index (χ0) is 16.5. The van der Waals surface area contributed by atoms with Crippen LogP contribution in [0.3, 0.4) is 0 Å². The SMILES string of the molecule is C#CCC(C)NC(=O)NCCC(CCC(=O)O)C(C)(C)C. The zero-order valence-electron chi connectivity index (χ0n) is 13.5. The third-order valence-electron chi connectivity index (χ3n) is 3.51. The Morgan fingerprint density at radius 2 is 1.90 bits per heavy atom. The summed E-state index contributed by atoms with van der Waals surface area (Å²) in [7, 11) is 0.